The number of nitrogens with one attached hydrogen (secondary N) is 2. The summed E-state index contributed by atoms with van der Waals surface area (Å²) in [6.07, 6.45) is -2.48. The molecular weight excluding hydrogens is 371 g/mol. The standard InChI is InChI=1S/C20H24F3N3O2/c1-14-5-7-16(28-14)12-25(2)13-19(27)24-17-11-15(20(21,22)23)6-8-18(17)26-9-3-4-10-26/h5-8,11H,3-4,9-10,12-13H2,1-2H3,(H,24,27)/p+1. The van der Waals surface area contributed by atoms with Gasteiger partial charge < -0.3 is 19.5 Å². The van der Waals surface area contributed by atoms with Crippen LogP contribution in [0.1, 0.15) is 29.9 Å². The minimum absolute atomic E-state index is 0.120. The summed E-state index contributed by atoms with van der Waals surface area (Å²) in [4.78, 5) is 15.4. The summed E-state index contributed by atoms with van der Waals surface area (Å²) in [5.41, 5.74) is 0.0824. The van der Waals surface area contributed by atoms with Crippen LogP contribution in [-0.4, -0.2) is 32.6 Å². The Morgan fingerprint density at radius 1 is 1.21 bits per heavy atom. The molecule has 1 aromatic heterocycles. The van der Waals surface area contributed by atoms with E-state index in [2.05, 4.69) is 5.32 Å². The number of rotatable bonds is 6. The number of likely N-dealkylation sites (N-methyl/N-ethyl adjacent to an activating group) is 1. The number of alkyl halides is 3. The zero-order valence-electron chi connectivity index (χ0n) is 16.0. The Kier molecular flexibility index (Phi) is 5.98. The minimum atomic E-state index is -4.46. The Labute approximate surface area is 162 Å². The predicted octanol–water partition coefficient (Wildman–Crippen LogP) is 2.86. The molecule has 28 heavy (non-hydrogen) atoms. The first-order valence-corrected chi connectivity index (χ1v) is 9.35. The fraction of sp³-hybridized carbons (Fsp3) is 0.450. The maximum Gasteiger partial charge on any atom is 0.416 e. The number of hydrogen-bond donors (Lipinski definition) is 2. The third-order valence-electron chi connectivity index (χ3n) is 4.78. The van der Waals surface area contributed by atoms with E-state index >= 15 is 0 Å². The number of furan rings is 1. The second kappa shape index (κ2) is 8.26. The van der Waals surface area contributed by atoms with Gasteiger partial charge in [-0.3, -0.25) is 4.79 Å². The van der Waals surface area contributed by atoms with Gasteiger partial charge in [-0.05, 0) is 50.1 Å². The van der Waals surface area contributed by atoms with E-state index in [0.717, 1.165) is 54.5 Å². The molecule has 8 heteroatoms. The van der Waals surface area contributed by atoms with Crippen molar-refractivity contribution in [3.05, 3.63) is 47.4 Å². The number of halogens is 3. The van der Waals surface area contributed by atoms with Gasteiger partial charge in [-0.1, -0.05) is 0 Å². The van der Waals surface area contributed by atoms with Gasteiger partial charge in [0, 0.05) is 13.1 Å². The number of quaternary nitrogens is 1. The second-order valence-electron chi connectivity index (χ2n) is 7.30. The van der Waals surface area contributed by atoms with Gasteiger partial charge in [0.2, 0.25) is 0 Å². The van der Waals surface area contributed by atoms with E-state index in [4.69, 9.17) is 4.42 Å². The minimum Gasteiger partial charge on any atom is -0.460 e. The molecule has 1 unspecified atom stereocenters. The molecule has 1 saturated heterocycles. The van der Waals surface area contributed by atoms with E-state index in [1.807, 2.05) is 31.0 Å². The zero-order valence-corrected chi connectivity index (χ0v) is 16.0. The van der Waals surface area contributed by atoms with Gasteiger partial charge in [0.1, 0.15) is 12.3 Å². The number of benzene rings is 1. The van der Waals surface area contributed by atoms with Crippen LogP contribution in [0.3, 0.4) is 0 Å². The van der Waals surface area contributed by atoms with Crippen molar-refractivity contribution < 1.29 is 27.3 Å². The van der Waals surface area contributed by atoms with E-state index in [9.17, 15) is 18.0 Å². The average molecular weight is 396 g/mol. The number of aryl methyl sites for hydroxylation is 1. The maximum atomic E-state index is 13.1. The molecule has 0 aliphatic carbocycles. The lowest BCUT2D eigenvalue weighted by Gasteiger charge is -2.23. The van der Waals surface area contributed by atoms with Crippen molar-refractivity contribution in [3.8, 4) is 0 Å². The lowest BCUT2D eigenvalue weighted by atomic mass is 10.1. The maximum absolute atomic E-state index is 13.1. The third kappa shape index (κ3) is 5.07. The van der Waals surface area contributed by atoms with Crippen molar-refractivity contribution in [2.75, 3.05) is 36.9 Å². The molecule has 0 radical (unpaired) electrons. The molecule has 2 aromatic rings. The molecule has 152 valence electrons. The summed E-state index contributed by atoms with van der Waals surface area (Å²) in [7, 11) is 1.84. The lowest BCUT2D eigenvalue weighted by Crippen LogP contribution is -3.08. The number of hydrogen-bond acceptors (Lipinski definition) is 3. The molecule has 3 rings (SSSR count). The topological polar surface area (TPSA) is 49.9 Å². The zero-order chi connectivity index (χ0) is 20.3. The number of carbonyl (C=O) groups is 1. The van der Waals surface area contributed by atoms with Gasteiger partial charge in [0.05, 0.1) is 24.0 Å². The monoisotopic (exact) mass is 396 g/mol. The molecule has 1 atom stereocenters. The molecule has 1 aromatic carbocycles. The number of amides is 1. The molecule has 5 nitrogen and oxygen atoms in total. The van der Waals surface area contributed by atoms with E-state index in [0.29, 0.717) is 12.2 Å². The molecular formula is C20H25F3N3O2+. The fourth-order valence-electron chi connectivity index (χ4n) is 3.45. The van der Waals surface area contributed by atoms with Gasteiger partial charge in [-0.2, -0.15) is 13.2 Å². The van der Waals surface area contributed by atoms with Crippen molar-refractivity contribution in [3.63, 3.8) is 0 Å². The van der Waals surface area contributed by atoms with E-state index in [1.165, 1.54) is 6.07 Å². The summed E-state index contributed by atoms with van der Waals surface area (Å²) >= 11 is 0. The number of nitrogens with zero attached hydrogens (tertiary/aromatic N) is 1. The Morgan fingerprint density at radius 3 is 2.54 bits per heavy atom. The van der Waals surface area contributed by atoms with E-state index < -0.39 is 11.7 Å². The molecule has 1 aliphatic rings. The summed E-state index contributed by atoms with van der Waals surface area (Å²) in [5, 5.41) is 2.69. The largest absolute Gasteiger partial charge is 0.460 e. The quantitative estimate of drug-likeness (QED) is 0.790. The van der Waals surface area contributed by atoms with Gasteiger partial charge in [0.25, 0.3) is 5.91 Å². The predicted molar refractivity (Wildman–Crippen MR) is 100 cm³/mol. The highest BCUT2D eigenvalue weighted by Gasteiger charge is 2.32. The highest BCUT2D eigenvalue weighted by atomic mass is 19.4. The summed E-state index contributed by atoms with van der Waals surface area (Å²) in [5.74, 6) is 1.23. The van der Waals surface area contributed by atoms with Crippen LogP contribution in [0.2, 0.25) is 0 Å². The smallest absolute Gasteiger partial charge is 0.416 e. The van der Waals surface area contributed by atoms with Crippen molar-refractivity contribution in [1.29, 1.82) is 0 Å². The van der Waals surface area contributed by atoms with Gasteiger partial charge in [-0.25, -0.2) is 0 Å². The Morgan fingerprint density at radius 2 is 1.93 bits per heavy atom. The average Bonchev–Trinajstić information content (AvgIpc) is 3.25. The van der Waals surface area contributed by atoms with Gasteiger partial charge in [-0.15, -0.1) is 0 Å². The van der Waals surface area contributed by atoms with Gasteiger partial charge in [0.15, 0.2) is 12.3 Å². The molecule has 2 N–H and O–H groups in total. The Hall–Kier alpha value is -2.48. The number of carbonyl (C=O) groups excluding carboxylic acids is 1. The molecule has 0 spiro atoms. The van der Waals surface area contributed by atoms with Crippen LogP contribution in [-0.2, 0) is 17.5 Å². The third-order valence-corrected chi connectivity index (χ3v) is 4.78. The summed E-state index contributed by atoms with van der Waals surface area (Å²) in [6.45, 7) is 4.03. The fourth-order valence-corrected chi connectivity index (χ4v) is 3.45. The SMILES string of the molecule is Cc1ccc(C[NH+](C)CC(=O)Nc2cc(C(F)(F)F)ccc2N2CCCC2)o1. The first-order chi connectivity index (χ1) is 13.2. The summed E-state index contributed by atoms with van der Waals surface area (Å²) in [6, 6.07) is 7.26. The molecule has 0 bridgehead atoms. The molecule has 1 amide bonds. The molecule has 2 heterocycles. The molecule has 0 saturated carbocycles. The van der Waals surface area contributed by atoms with Crippen LogP contribution >= 0.6 is 0 Å². The lowest BCUT2D eigenvalue weighted by molar-refractivity contribution is -0.886. The van der Waals surface area contributed by atoms with Crippen molar-refractivity contribution >= 4 is 17.3 Å². The van der Waals surface area contributed by atoms with E-state index in [1.54, 1.807) is 0 Å². The highest BCUT2D eigenvalue weighted by molar-refractivity contribution is 5.95. The Balaban J connectivity index is 1.72. The van der Waals surface area contributed by atoms with Crippen molar-refractivity contribution in [2.24, 2.45) is 0 Å². The van der Waals surface area contributed by atoms with Crippen LogP contribution in [0.25, 0.3) is 0 Å². The first kappa shape index (κ1) is 20.3. The second-order valence-corrected chi connectivity index (χ2v) is 7.30. The summed E-state index contributed by atoms with van der Waals surface area (Å²) < 4.78 is 44.9. The van der Waals surface area contributed by atoms with Crippen LogP contribution in [0.5, 0.6) is 0 Å². The Bertz CT molecular complexity index is 826. The van der Waals surface area contributed by atoms with Crippen LogP contribution < -0.4 is 15.1 Å². The van der Waals surface area contributed by atoms with Crippen molar-refractivity contribution in [1.82, 2.24) is 0 Å². The van der Waals surface area contributed by atoms with Crippen molar-refractivity contribution in [2.45, 2.75) is 32.5 Å². The molecule has 1 aliphatic heterocycles. The van der Waals surface area contributed by atoms with E-state index in [-0.39, 0.29) is 18.1 Å². The van der Waals surface area contributed by atoms with Gasteiger partial charge >= 0.3 is 6.18 Å². The van der Waals surface area contributed by atoms with Crippen LogP contribution in [0, 0.1) is 6.92 Å². The normalized spacial score (nSPS) is 15.7. The van der Waals surface area contributed by atoms with Crippen LogP contribution in [0.15, 0.2) is 34.7 Å². The van der Waals surface area contributed by atoms with Crippen LogP contribution in [0.4, 0.5) is 24.5 Å². The highest BCUT2D eigenvalue weighted by Crippen LogP contribution is 2.36. The molecule has 1 fully saturated rings. The first-order valence-electron chi connectivity index (χ1n) is 9.35. The number of anilines is 2.